The van der Waals surface area contributed by atoms with Crippen molar-refractivity contribution in [1.29, 1.82) is 0 Å². The van der Waals surface area contributed by atoms with Crippen molar-refractivity contribution in [3.63, 3.8) is 0 Å². The van der Waals surface area contributed by atoms with Crippen LogP contribution in [0, 0.1) is 0 Å². The maximum absolute atomic E-state index is 3.54. The number of hydrogen-bond donors (Lipinski definition) is 1. The average Bonchev–Trinajstić information content (AvgIpc) is 2.14. The molecule has 2 unspecified atom stereocenters. The van der Waals surface area contributed by atoms with Crippen LogP contribution in [-0.4, -0.2) is 23.6 Å². The summed E-state index contributed by atoms with van der Waals surface area (Å²) in [5.74, 6) is 1.32. The summed E-state index contributed by atoms with van der Waals surface area (Å²) in [6.45, 7) is 10.2. The summed E-state index contributed by atoms with van der Waals surface area (Å²) >= 11 is 2.09. The molecule has 2 heteroatoms. The van der Waals surface area contributed by atoms with E-state index in [1.54, 1.807) is 0 Å². The van der Waals surface area contributed by atoms with Crippen LogP contribution in [-0.2, 0) is 0 Å². The van der Waals surface area contributed by atoms with Crippen LogP contribution >= 0.6 is 11.8 Å². The van der Waals surface area contributed by atoms with Crippen LogP contribution in [0.4, 0.5) is 0 Å². The highest BCUT2D eigenvalue weighted by Crippen LogP contribution is 2.11. The van der Waals surface area contributed by atoms with Gasteiger partial charge in [0.15, 0.2) is 0 Å². The molecule has 0 spiro atoms. The third-order valence-electron chi connectivity index (χ3n) is 2.27. The second-order valence-corrected chi connectivity index (χ2v) is 5.30. The van der Waals surface area contributed by atoms with Gasteiger partial charge in [-0.15, -0.1) is 0 Å². The number of nitrogens with one attached hydrogen (secondary N) is 1. The molecule has 0 amide bonds. The molecule has 0 aliphatic heterocycles. The molecule has 1 N–H and O–H groups in total. The Kier molecular flexibility index (Phi) is 9.10. The second-order valence-electron chi connectivity index (χ2n) is 3.75. The third kappa shape index (κ3) is 8.63. The summed E-state index contributed by atoms with van der Waals surface area (Å²) in [7, 11) is 0. The highest BCUT2D eigenvalue weighted by molar-refractivity contribution is 7.99. The van der Waals surface area contributed by atoms with Gasteiger partial charge in [-0.05, 0) is 25.5 Å². The molecule has 0 aliphatic rings. The Labute approximate surface area is 88.1 Å². The fraction of sp³-hybridized carbons (Fsp3) is 1.00. The lowest BCUT2D eigenvalue weighted by Gasteiger charge is -2.15. The molecule has 0 fully saturated rings. The van der Waals surface area contributed by atoms with E-state index in [2.05, 4.69) is 44.8 Å². The van der Waals surface area contributed by atoms with Gasteiger partial charge in [-0.3, -0.25) is 0 Å². The van der Waals surface area contributed by atoms with Gasteiger partial charge in [0.25, 0.3) is 0 Å². The highest BCUT2D eigenvalue weighted by Gasteiger charge is 2.03. The predicted octanol–water partition coefficient (Wildman–Crippen LogP) is 3.30. The summed E-state index contributed by atoms with van der Waals surface area (Å²) in [4.78, 5) is 0. The van der Waals surface area contributed by atoms with Crippen LogP contribution in [0.15, 0.2) is 0 Å². The smallest absolute Gasteiger partial charge is 0.0144 e. The summed E-state index contributed by atoms with van der Waals surface area (Å²) < 4.78 is 0. The first kappa shape index (κ1) is 13.3. The Bertz CT molecular complexity index is 106. The second kappa shape index (κ2) is 8.89. The van der Waals surface area contributed by atoms with E-state index in [9.17, 15) is 0 Å². The van der Waals surface area contributed by atoms with Crippen LogP contribution in [0.1, 0.15) is 47.0 Å². The van der Waals surface area contributed by atoms with Crippen molar-refractivity contribution < 1.29 is 0 Å². The van der Waals surface area contributed by atoms with Gasteiger partial charge < -0.3 is 5.32 Å². The van der Waals surface area contributed by atoms with E-state index >= 15 is 0 Å². The zero-order valence-corrected chi connectivity index (χ0v) is 10.4. The maximum Gasteiger partial charge on any atom is 0.0144 e. The molecule has 0 aliphatic carbocycles. The summed E-state index contributed by atoms with van der Waals surface area (Å²) in [5, 5.41) is 4.30. The van der Waals surface area contributed by atoms with Crippen molar-refractivity contribution in [2.45, 2.75) is 58.2 Å². The fourth-order valence-corrected chi connectivity index (χ4v) is 2.07. The van der Waals surface area contributed by atoms with E-state index in [1.165, 1.54) is 25.0 Å². The van der Waals surface area contributed by atoms with E-state index in [-0.39, 0.29) is 0 Å². The van der Waals surface area contributed by atoms with Gasteiger partial charge >= 0.3 is 0 Å². The molecule has 0 saturated carbocycles. The van der Waals surface area contributed by atoms with Crippen molar-refractivity contribution in [2.75, 3.05) is 12.3 Å². The van der Waals surface area contributed by atoms with Crippen molar-refractivity contribution in [3.05, 3.63) is 0 Å². The zero-order valence-electron chi connectivity index (χ0n) is 9.60. The summed E-state index contributed by atoms with van der Waals surface area (Å²) in [5.41, 5.74) is 0. The van der Waals surface area contributed by atoms with Crippen LogP contribution in [0.25, 0.3) is 0 Å². The number of thioether (sulfide) groups is 1. The Morgan fingerprint density at radius 2 is 1.92 bits per heavy atom. The lowest BCUT2D eigenvalue weighted by Crippen LogP contribution is -2.30. The molecule has 0 aromatic rings. The van der Waals surface area contributed by atoms with Gasteiger partial charge in [-0.2, -0.15) is 11.8 Å². The quantitative estimate of drug-likeness (QED) is 0.608. The maximum atomic E-state index is 3.54. The topological polar surface area (TPSA) is 12.0 Å². The first-order valence-electron chi connectivity index (χ1n) is 5.55. The number of rotatable bonds is 8. The first-order chi connectivity index (χ1) is 6.20. The molecule has 0 rings (SSSR count). The van der Waals surface area contributed by atoms with E-state index < -0.39 is 0 Å². The van der Waals surface area contributed by atoms with E-state index in [0.29, 0.717) is 6.04 Å². The predicted molar refractivity (Wildman–Crippen MR) is 64.6 cm³/mol. The molecule has 1 nitrogen and oxygen atoms in total. The van der Waals surface area contributed by atoms with Crippen LogP contribution in [0.3, 0.4) is 0 Å². The van der Waals surface area contributed by atoms with Crippen molar-refractivity contribution in [1.82, 2.24) is 5.32 Å². The zero-order chi connectivity index (χ0) is 10.1. The summed E-state index contributed by atoms with van der Waals surface area (Å²) in [6.07, 6.45) is 3.91. The lowest BCUT2D eigenvalue weighted by atomic mass is 10.2. The Morgan fingerprint density at radius 1 is 1.23 bits per heavy atom. The van der Waals surface area contributed by atoms with Crippen molar-refractivity contribution >= 4 is 11.8 Å². The van der Waals surface area contributed by atoms with E-state index in [1.807, 2.05) is 0 Å². The third-order valence-corrected chi connectivity index (χ3v) is 3.53. The fourth-order valence-electron chi connectivity index (χ4n) is 0.999. The van der Waals surface area contributed by atoms with Gasteiger partial charge in [0.2, 0.25) is 0 Å². The van der Waals surface area contributed by atoms with Gasteiger partial charge in [0.1, 0.15) is 0 Å². The SMILES string of the molecule is CCCCSC(C)CNC(C)CC. The van der Waals surface area contributed by atoms with E-state index in [4.69, 9.17) is 0 Å². The van der Waals surface area contributed by atoms with Crippen LogP contribution in [0.2, 0.25) is 0 Å². The van der Waals surface area contributed by atoms with Crippen molar-refractivity contribution in [2.24, 2.45) is 0 Å². The largest absolute Gasteiger partial charge is 0.313 e. The average molecular weight is 203 g/mol. The standard InChI is InChI=1S/C11H25NS/c1-5-7-8-13-11(4)9-12-10(3)6-2/h10-12H,5-9H2,1-4H3. The Balaban J connectivity index is 3.24. The van der Waals surface area contributed by atoms with E-state index in [0.717, 1.165) is 11.8 Å². The minimum atomic E-state index is 0.675. The summed E-state index contributed by atoms with van der Waals surface area (Å²) in [6, 6.07) is 0.675. The van der Waals surface area contributed by atoms with Crippen molar-refractivity contribution in [3.8, 4) is 0 Å². The minimum absolute atomic E-state index is 0.675. The lowest BCUT2D eigenvalue weighted by molar-refractivity contribution is 0.537. The number of unbranched alkanes of at least 4 members (excludes halogenated alkanes) is 1. The molecular formula is C11H25NS. The molecule has 80 valence electrons. The Hall–Kier alpha value is 0.310. The molecule has 0 saturated heterocycles. The number of hydrogen-bond acceptors (Lipinski definition) is 2. The first-order valence-corrected chi connectivity index (χ1v) is 6.60. The molecule has 0 heterocycles. The molecule has 0 aromatic carbocycles. The minimum Gasteiger partial charge on any atom is -0.313 e. The molecular weight excluding hydrogens is 178 g/mol. The highest BCUT2D eigenvalue weighted by atomic mass is 32.2. The molecule has 2 atom stereocenters. The molecule has 0 aromatic heterocycles. The van der Waals surface area contributed by atoms with Crippen LogP contribution in [0.5, 0.6) is 0 Å². The van der Waals surface area contributed by atoms with Gasteiger partial charge in [-0.1, -0.05) is 27.2 Å². The normalized spacial score (nSPS) is 15.7. The van der Waals surface area contributed by atoms with Crippen LogP contribution < -0.4 is 5.32 Å². The monoisotopic (exact) mass is 203 g/mol. The Morgan fingerprint density at radius 3 is 2.46 bits per heavy atom. The van der Waals surface area contributed by atoms with Gasteiger partial charge in [0.05, 0.1) is 0 Å². The molecule has 0 radical (unpaired) electrons. The van der Waals surface area contributed by atoms with Gasteiger partial charge in [0, 0.05) is 17.8 Å². The van der Waals surface area contributed by atoms with Gasteiger partial charge in [-0.25, -0.2) is 0 Å². The molecule has 0 bridgehead atoms. The molecule has 13 heavy (non-hydrogen) atoms.